The molecular weight excluding hydrogens is 188 g/mol. The molecule has 0 fully saturated rings. The van der Waals surface area contributed by atoms with Crippen molar-refractivity contribution >= 4 is 0 Å². The molecule has 0 saturated carbocycles. The molecule has 0 aliphatic carbocycles. The van der Waals surface area contributed by atoms with E-state index in [4.69, 9.17) is 9.47 Å². The molecule has 0 atom stereocenters. The highest BCUT2D eigenvalue weighted by atomic mass is 16.7. The lowest BCUT2D eigenvalue weighted by Crippen LogP contribution is -2.26. The van der Waals surface area contributed by atoms with E-state index in [0.717, 1.165) is 24.8 Å². The summed E-state index contributed by atoms with van der Waals surface area (Å²) in [6.45, 7) is 2.17. The van der Waals surface area contributed by atoms with Crippen LogP contribution in [0.25, 0.3) is 0 Å². The Kier molecular flexibility index (Phi) is 2.95. The Hall–Kier alpha value is -1.44. The van der Waals surface area contributed by atoms with Gasteiger partial charge in [-0.25, -0.2) is 0 Å². The van der Waals surface area contributed by atoms with E-state index in [1.165, 1.54) is 0 Å². The van der Waals surface area contributed by atoms with Gasteiger partial charge in [-0.05, 0) is 6.42 Å². The predicted molar refractivity (Wildman–Crippen MR) is 59.0 cm³/mol. The van der Waals surface area contributed by atoms with E-state index < -0.39 is 5.79 Å². The fraction of sp³-hybridized carbons (Fsp3) is 0.385. The van der Waals surface area contributed by atoms with Crippen LogP contribution >= 0.6 is 0 Å². The molecule has 0 amide bonds. The number of unbranched alkanes of at least 4 members (excludes halogenated alkanes) is 1. The SMILES string of the molecule is CCCCC1(c2ccccc2)OC=CO1. The van der Waals surface area contributed by atoms with Gasteiger partial charge in [-0.3, -0.25) is 0 Å². The lowest BCUT2D eigenvalue weighted by Gasteiger charge is -2.28. The maximum absolute atomic E-state index is 5.63. The van der Waals surface area contributed by atoms with Crippen molar-refractivity contribution in [2.75, 3.05) is 0 Å². The smallest absolute Gasteiger partial charge is 0.276 e. The minimum Gasteiger partial charge on any atom is -0.453 e. The Morgan fingerprint density at radius 3 is 2.33 bits per heavy atom. The Morgan fingerprint density at radius 2 is 1.73 bits per heavy atom. The van der Waals surface area contributed by atoms with Gasteiger partial charge in [-0.1, -0.05) is 43.7 Å². The topological polar surface area (TPSA) is 18.5 Å². The van der Waals surface area contributed by atoms with Crippen LogP contribution in [0.5, 0.6) is 0 Å². The van der Waals surface area contributed by atoms with Crippen LogP contribution in [-0.2, 0) is 15.3 Å². The van der Waals surface area contributed by atoms with Gasteiger partial charge in [0.15, 0.2) is 0 Å². The summed E-state index contributed by atoms with van der Waals surface area (Å²) in [7, 11) is 0. The van der Waals surface area contributed by atoms with E-state index in [-0.39, 0.29) is 0 Å². The van der Waals surface area contributed by atoms with Crippen LogP contribution in [0, 0.1) is 0 Å². The van der Waals surface area contributed by atoms with Gasteiger partial charge in [0.1, 0.15) is 12.5 Å². The zero-order chi connectivity index (χ0) is 10.6. The molecular formula is C13H16O2. The van der Waals surface area contributed by atoms with Crippen LogP contribution in [-0.4, -0.2) is 0 Å². The zero-order valence-corrected chi connectivity index (χ0v) is 8.98. The molecule has 1 aliphatic heterocycles. The van der Waals surface area contributed by atoms with Gasteiger partial charge < -0.3 is 9.47 Å². The molecule has 0 aromatic heterocycles. The number of hydrogen-bond donors (Lipinski definition) is 0. The fourth-order valence-corrected chi connectivity index (χ4v) is 1.80. The summed E-state index contributed by atoms with van der Waals surface area (Å²) in [5, 5.41) is 0. The van der Waals surface area contributed by atoms with Crippen LogP contribution < -0.4 is 0 Å². The third kappa shape index (κ3) is 1.99. The Balaban J connectivity index is 2.19. The molecule has 2 rings (SSSR count). The summed E-state index contributed by atoms with van der Waals surface area (Å²) in [6, 6.07) is 10.1. The molecule has 0 radical (unpaired) electrons. The molecule has 0 saturated heterocycles. The Bertz CT molecular complexity index is 322. The van der Waals surface area contributed by atoms with E-state index in [2.05, 4.69) is 6.92 Å². The van der Waals surface area contributed by atoms with Gasteiger partial charge in [0, 0.05) is 12.0 Å². The first-order chi connectivity index (χ1) is 7.37. The van der Waals surface area contributed by atoms with Gasteiger partial charge in [-0.15, -0.1) is 0 Å². The number of hydrogen-bond acceptors (Lipinski definition) is 2. The highest BCUT2D eigenvalue weighted by molar-refractivity contribution is 5.21. The van der Waals surface area contributed by atoms with Crippen molar-refractivity contribution in [2.24, 2.45) is 0 Å². The van der Waals surface area contributed by atoms with Crippen molar-refractivity contribution in [1.29, 1.82) is 0 Å². The Labute approximate surface area is 90.5 Å². The molecule has 1 aliphatic rings. The molecule has 1 aromatic rings. The van der Waals surface area contributed by atoms with E-state index in [0.29, 0.717) is 0 Å². The first-order valence-corrected chi connectivity index (χ1v) is 5.43. The minimum absolute atomic E-state index is 0.572. The first-order valence-electron chi connectivity index (χ1n) is 5.43. The summed E-state index contributed by atoms with van der Waals surface area (Å²) in [5.74, 6) is -0.572. The van der Waals surface area contributed by atoms with Crippen molar-refractivity contribution < 1.29 is 9.47 Å². The van der Waals surface area contributed by atoms with E-state index in [1.54, 1.807) is 12.5 Å². The monoisotopic (exact) mass is 204 g/mol. The standard InChI is InChI=1S/C13H16O2/c1-2-3-9-13(14-10-11-15-13)12-7-5-4-6-8-12/h4-8,10-11H,2-3,9H2,1H3. The van der Waals surface area contributed by atoms with Crippen LogP contribution in [0.15, 0.2) is 42.9 Å². The minimum atomic E-state index is -0.572. The lowest BCUT2D eigenvalue weighted by atomic mass is 10.00. The summed E-state index contributed by atoms with van der Waals surface area (Å²) in [4.78, 5) is 0. The normalized spacial score (nSPS) is 17.1. The molecule has 0 bridgehead atoms. The second kappa shape index (κ2) is 4.39. The lowest BCUT2D eigenvalue weighted by molar-refractivity contribution is -0.156. The van der Waals surface area contributed by atoms with Crippen LogP contribution in [0.3, 0.4) is 0 Å². The predicted octanol–water partition coefficient (Wildman–Crippen LogP) is 3.55. The second-order valence-corrected chi connectivity index (χ2v) is 3.73. The summed E-state index contributed by atoms with van der Waals surface area (Å²) >= 11 is 0. The molecule has 0 unspecified atom stereocenters. The second-order valence-electron chi connectivity index (χ2n) is 3.73. The molecule has 1 heterocycles. The van der Waals surface area contributed by atoms with Gasteiger partial charge >= 0.3 is 0 Å². The van der Waals surface area contributed by atoms with Crippen molar-refractivity contribution in [3.05, 3.63) is 48.4 Å². The zero-order valence-electron chi connectivity index (χ0n) is 8.98. The van der Waals surface area contributed by atoms with Crippen LogP contribution in [0.1, 0.15) is 31.7 Å². The van der Waals surface area contributed by atoms with E-state index in [1.807, 2.05) is 30.3 Å². The van der Waals surface area contributed by atoms with Gasteiger partial charge in [0.2, 0.25) is 0 Å². The number of rotatable bonds is 4. The molecule has 1 aromatic carbocycles. The summed E-state index contributed by atoms with van der Waals surface area (Å²) < 4.78 is 11.3. The maximum atomic E-state index is 5.63. The van der Waals surface area contributed by atoms with Crippen molar-refractivity contribution in [2.45, 2.75) is 32.0 Å². The maximum Gasteiger partial charge on any atom is 0.276 e. The van der Waals surface area contributed by atoms with Crippen molar-refractivity contribution in [3.8, 4) is 0 Å². The molecule has 80 valence electrons. The van der Waals surface area contributed by atoms with Crippen LogP contribution in [0.2, 0.25) is 0 Å². The number of benzene rings is 1. The average Bonchev–Trinajstić information content (AvgIpc) is 2.78. The van der Waals surface area contributed by atoms with Crippen LogP contribution in [0.4, 0.5) is 0 Å². The van der Waals surface area contributed by atoms with E-state index >= 15 is 0 Å². The van der Waals surface area contributed by atoms with E-state index in [9.17, 15) is 0 Å². The molecule has 2 nitrogen and oxygen atoms in total. The van der Waals surface area contributed by atoms with Gasteiger partial charge in [-0.2, -0.15) is 0 Å². The quantitative estimate of drug-likeness (QED) is 0.746. The molecule has 15 heavy (non-hydrogen) atoms. The third-order valence-corrected chi connectivity index (χ3v) is 2.65. The summed E-state index contributed by atoms with van der Waals surface area (Å²) in [5.41, 5.74) is 1.09. The highest BCUT2D eigenvalue weighted by Crippen LogP contribution is 2.36. The highest BCUT2D eigenvalue weighted by Gasteiger charge is 2.36. The Morgan fingerprint density at radius 1 is 1.07 bits per heavy atom. The average molecular weight is 204 g/mol. The summed E-state index contributed by atoms with van der Waals surface area (Å²) in [6.07, 6.45) is 6.38. The van der Waals surface area contributed by atoms with Gasteiger partial charge in [0.25, 0.3) is 5.79 Å². The van der Waals surface area contributed by atoms with Crippen molar-refractivity contribution in [3.63, 3.8) is 0 Å². The van der Waals surface area contributed by atoms with Gasteiger partial charge in [0.05, 0.1) is 0 Å². The molecule has 2 heteroatoms. The molecule has 0 N–H and O–H groups in total. The fourth-order valence-electron chi connectivity index (χ4n) is 1.80. The third-order valence-electron chi connectivity index (χ3n) is 2.65. The number of ether oxygens (including phenoxy) is 2. The largest absolute Gasteiger partial charge is 0.453 e. The van der Waals surface area contributed by atoms with Crippen molar-refractivity contribution in [1.82, 2.24) is 0 Å². The molecule has 0 spiro atoms. The first kappa shape index (κ1) is 10.1.